The predicted octanol–water partition coefficient (Wildman–Crippen LogP) is 2.91. The lowest BCUT2D eigenvalue weighted by Crippen LogP contribution is -2.21. The van der Waals surface area contributed by atoms with E-state index in [1.807, 2.05) is 26.0 Å². The van der Waals surface area contributed by atoms with Gasteiger partial charge in [0.2, 0.25) is 11.7 Å². The van der Waals surface area contributed by atoms with Crippen molar-refractivity contribution >= 4 is 23.5 Å². The number of methoxy groups -OCH3 is 3. The van der Waals surface area contributed by atoms with Gasteiger partial charge in [0, 0.05) is 11.3 Å². The van der Waals surface area contributed by atoms with Crippen LogP contribution in [-0.4, -0.2) is 42.7 Å². The van der Waals surface area contributed by atoms with E-state index < -0.39 is 0 Å². The van der Waals surface area contributed by atoms with E-state index in [4.69, 9.17) is 14.2 Å². The average molecular weight is 363 g/mol. The van der Waals surface area contributed by atoms with Gasteiger partial charge in [-0.2, -0.15) is 5.10 Å². The second kappa shape index (κ2) is 6.87. The summed E-state index contributed by atoms with van der Waals surface area (Å²) in [5.74, 6) is 2.21. The number of carbonyl (C=O) groups excluding carboxylic acids is 1. The Morgan fingerprint density at radius 3 is 2.32 bits per heavy atom. The quantitative estimate of drug-likeness (QED) is 0.869. The summed E-state index contributed by atoms with van der Waals surface area (Å²) in [6.07, 6.45) is 0. The van der Waals surface area contributed by atoms with Crippen LogP contribution < -0.4 is 19.5 Å². The Balaban J connectivity index is 2.17. The van der Waals surface area contributed by atoms with E-state index >= 15 is 0 Å². The van der Waals surface area contributed by atoms with Gasteiger partial charge in [-0.1, -0.05) is 0 Å². The minimum Gasteiger partial charge on any atom is -0.493 e. The van der Waals surface area contributed by atoms with Crippen molar-refractivity contribution < 1.29 is 19.0 Å². The van der Waals surface area contributed by atoms with Crippen LogP contribution in [0.3, 0.4) is 0 Å². The van der Waals surface area contributed by atoms with Crippen molar-refractivity contribution in [2.24, 2.45) is 0 Å². The molecule has 0 radical (unpaired) electrons. The van der Waals surface area contributed by atoms with Crippen LogP contribution in [0.25, 0.3) is 0 Å². The number of nitrogens with one attached hydrogen (secondary N) is 2. The molecule has 2 atom stereocenters. The number of nitrogens with zero attached hydrogens (tertiary/aromatic N) is 1. The van der Waals surface area contributed by atoms with Gasteiger partial charge in [0.15, 0.2) is 17.3 Å². The highest BCUT2D eigenvalue weighted by atomic mass is 32.2. The van der Waals surface area contributed by atoms with Gasteiger partial charge in [0.1, 0.15) is 0 Å². The van der Waals surface area contributed by atoms with Gasteiger partial charge in [0.25, 0.3) is 0 Å². The first-order valence-corrected chi connectivity index (χ1v) is 8.75. The molecule has 2 N–H and O–H groups in total. The lowest BCUT2D eigenvalue weighted by Gasteiger charge is -2.20. The molecule has 0 fully saturated rings. The van der Waals surface area contributed by atoms with Gasteiger partial charge in [-0.3, -0.25) is 9.89 Å². The SMILES string of the molecule is COc1cc([C@H]2S[C@H](C)C(=O)Nc3n[nH]c(C)c32)cc(OC)c1OC. The minimum absolute atomic E-state index is 0.0623. The summed E-state index contributed by atoms with van der Waals surface area (Å²) in [7, 11) is 4.75. The molecule has 0 saturated carbocycles. The van der Waals surface area contributed by atoms with Crippen LogP contribution in [-0.2, 0) is 4.79 Å². The Morgan fingerprint density at radius 1 is 1.12 bits per heavy atom. The molecule has 134 valence electrons. The second-order valence-electron chi connectivity index (χ2n) is 5.72. The molecule has 0 saturated heterocycles. The maximum absolute atomic E-state index is 12.3. The molecule has 1 aliphatic rings. The summed E-state index contributed by atoms with van der Waals surface area (Å²) in [6, 6.07) is 3.83. The molecule has 1 aromatic heterocycles. The van der Waals surface area contributed by atoms with E-state index in [2.05, 4.69) is 15.5 Å². The standard InChI is InChI=1S/C17H21N3O4S/c1-8-13-15(25-9(2)17(21)18-16(13)20-19-8)10-6-11(22-3)14(24-5)12(7-10)23-4/h6-7,9,15H,1-5H3,(H2,18,19,20,21)/t9-,15-/m1/s1. The molecule has 0 spiro atoms. The predicted molar refractivity (Wildman–Crippen MR) is 96.9 cm³/mol. The van der Waals surface area contributed by atoms with Crippen molar-refractivity contribution in [2.45, 2.75) is 24.3 Å². The number of hydrogen-bond donors (Lipinski definition) is 2. The first-order valence-electron chi connectivity index (χ1n) is 7.81. The number of fused-ring (bicyclic) bond motifs is 1. The molecule has 0 bridgehead atoms. The Bertz CT molecular complexity index is 780. The fourth-order valence-corrected chi connectivity index (χ4v) is 4.21. The Kier molecular flexibility index (Phi) is 4.80. The summed E-state index contributed by atoms with van der Waals surface area (Å²) in [5.41, 5.74) is 2.82. The second-order valence-corrected chi connectivity index (χ2v) is 7.17. The number of H-pyrrole nitrogens is 1. The molecule has 1 aliphatic heterocycles. The topological polar surface area (TPSA) is 85.5 Å². The zero-order valence-corrected chi connectivity index (χ0v) is 15.6. The molecule has 0 unspecified atom stereocenters. The van der Waals surface area contributed by atoms with E-state index in [-0.39, 0.29) is 16.4 Å². The number of benzene rings is 1. The summed E-state index contributed by atoms with van der Waals surface area (Å²) in [4.78, 5) is 12.3. The fraction of sp³-hybridized carbons (Fsp3) is 0.412. The maximum Gasteiger partial charge on any atom is 0.238 e. The first-order chi connectivity index (χ1) is 12.0. The molecule has 3 rings (SSSR count). The highest BCUT2D eigenvalue weighted by molar-refractivity contribution is 8.01. The smallest absolute Gasteiger partial charge is 0.238 e. The fourth-order valence-electron chi connectivity index (χ4n) is 2.90. The van der Waals surface area contributed by atoms with Crippen molar-refractivity contribution in [1.29, 1.82) is 0 Å². The van der Waals surface area contributed by atoms with Crippen LogP contribution in [0.15, 0.2) is 12.1 Å². The highest BCUT2D eigenvalue weighted by Crippen LogP contribution is 2.48. The van der Waals surface area contributed by atoms with Gasteiger partial charge in [0.05, 0.1) is 31.8 Å². The van der Waals surface area contributed by atoms with Gasteiger partial charge in [-0.15, -0.1) is 11.8 Å². The van der Waals surface area contributed by atoms with Crippen LogP contribution in [0, 0.1) is 6.92 Å². The van der Waals surface area contributed by atoms with Crippen molar-refractivity contribution in [3.63, 3.8) is 0 Å². The Hall–Kier alpha value is -2.35. The van der Waals surface area contributed by atoms with Crippen molar-refractivity contribution in [3.8, 4) is 17.2 Å². The van der Waals surface area contributed by atoms with Crippen LogP contribution in [0.4, 0.5) is 5.82 Å². The zero-order chi connectivity index (χ0) is 18.1. The molecular formula is C17H21N3O4S. The third-order valence-corrected chi connectivity index (χ3v) is 5.60. The minimum atomic E-state index is -0.224. The van der Waals surface area contributed by atoms with Crippen molar-refractivity contribution in [2.75, 3.05) is 26.6 Å². The summed E-state index contributed by atoms with van der Waals surface area (Å²) in [6.45, 7) is 3.83. The third kappa shape index (κ3) is 3.02. The van der Waals surface area contributed by atoms with Crippen molar-refractivity contribution in [1.82, 2.24) is 10.2 Å². The normalized spacial score (nSPS) is 19.6. The van der Waals surface area contributed by atoms with Gasteiger partial charge < -0.3 is 19.5 Å². The van der Waals surface area contributed by atoms with E-state index in [1.165, 1.54) is 0 Å². The largest absolute Gasteiger partial charge is 0.493 e. The van der Waals surface area contributed by atoms with E-state index in [9.17, 15) is 4.79 Å². The summed E-state index contributed by atoms with van der Waals surface area (Å²) in [5, 5.41) is 9.75. The van der Waals surface area contributed by atoms with Gasteiger partial charge in [-0.25, -0.2) is 0 Å². The first kappa shape index (κ1) is 17.5. The van der Waals surface area contributed by atoms with Crippen LogP contribution >= 0.6 is 11.8 Å². The molecule has 8 heteroatoms. The van der Waals surface area contributed by atoms with Crippen molar-refractivity contribution in [3.05, 3.63) is 29.0 Å². The summed E-state index contributed by atoms with van der Waals surface area (Å²) < 4.78 is 16.3. The number of thioether (sulfide) groups is 1. The molecule has 1 amide bonds. The lowest BCUT2D eigenvalue weighted by molar-refractivity contribution is -0.115. The lowest BCUT2D eigenvalue weighted by atomic mass is 10.0. The number of carbonyl (C=O) groups is 1. The molecular weight excluding hydrogens is 342 g/mol. The molecule has 7 nitrogen and oxygen atoms in total. The number of aryl methyl sites for hydroxylation is 1. The maximum atomic E-state index is 12.3. The number of aromatic amines is 1. The number of anilines is 1. The number of rotatable bonds is 4. The monoisotopic (exact) mass is 363 g/mol. The third-order valence-electron chi connectivity index (χ3n) is 4.20. The van der Waals surface area contributed by atoms with E-state index in [1.54, 1.807) is 33.1 Å². The van der Waals surface area contributed by atoms with Crippen LogP contribution in [0.1, 0.15) is 29.0 Å². The van der Waals surface area contributed by atoms with Crippen LogP contribution in [0.2, 0.25) is 0 Å². The van der Waals surface area contributed by atoms with Gasteiger partial charge >= 0.3 is 0 Å². The molecule has 2 aromatic rings. The Morgan fingerprint density at radius 2 is 1.76 bits per heavy atom. The number of aromatic nitrogens is 2. The molecule has 0 aliphatic carbocycles. The van der Waals surface area contributed by atoms with E-state index in [0.717, 1.165) is 16.8 Å². The highest BCUT2D eigenvalue weighted by Gasteiger charge is 2.33. The zero-order valence-electron chi connectivity index (χ0n) is 14.8. The number of amides is 1. The van der Waals surface area contributed by atoms with Crippen LogP contribution in [0.5, 0.6) is 17.2 Å². The average Bonchev–Trinajstić information content (AvgIpc) is 2.91. The molecule has 25 heavy (non-hydrogen) atoms. The number of ether oxygens (including phenoxy) is 3. The molecule has 2 heterocycles. The Labute approximate surface area is 150 Å². The number of hydrogen-bond acceptors (Lipinski definition) is 6. The summed E-state index contributed by atoms with van der Waals surface area (Å²) >= 11 is 1.56. The van der Waals surface area contributed by atoms with E-state index in [0.29, 0.717) is 23.1 Å². The van der Waals surface area contributed by atoms with Gasteiger partial charge in [-0.05, 0) is 31.5 Å². The molecule has 1 aromatic carbocycles.